The van der Waals surface area contributed by atoms with Crippen LogP contribution in [-0.4, -0.2) is 122 Å². The third-order valence-electron chi connectivity index (χ3n) is 14.0. The van der Waals surface area contributed by atoms with Crippen molar-refractivity contribution in [1.29, 1.82) is 0 Å². The maximum Gasteiger partial charge on any atom is 0.415 e. The van der Waals surface area contributed by atoms with Crippen LogP contribution >= 0.6 is 33.2 Å². The highest BCUT2D eigenvalue weighted by Gasteiger charge is 2.44. The number of nitrogens with zero attached hydrogens (tertiary/aromatic N) is 3. The van der Waals surface area contributed by atoms with Crippen LogP contribution in [0.1, 0.15) is 64.7 Å². The molecule has 364 valence electrons. The van der Waals surface area contributed by atoms with E-state index in [1.807, 2.05) is 53.4 Å². The molecular weight excluding hydrogens is 950 g/mol. The molecule has 0 saturated carbocycles. The van der Waals surface area contributed by atoms with Gasteiger partial charge in [-0.25, -0.2) is 9.59 Å². The number of amides is 4. The van der Waals surface area contributed by atoms with Gasteiger partial charge in [0.25, 0.3) is 5.91 Å². The van der Waals surface area contributed by atoms with Crippen LogP contribution in [-0.2, 0) is 9.53 Å². The number of aromatic amines is 1. The van der Waals surface area contributed by atoms with Gasteiger partial charge in [-0.3, -0.25) is 9.59 Å². The minimum Gasteiger partial charge on any atom is -0.493 e. The summed E-state index contributed by atoms with van der Waals surface area (Å²) in [4.78, 5) is 64.1. The van der Waals surface area contributed by atoms with Gasteiger partial charge in [0.05, 0.1) is 44.6 Å². The van der Waals surface area contributed by atoms with Crippen LogP contribution in [0.4, 0.5) is 15.3 Å². The molecule has 2 N–H and O–H groups in total. The Bertz CT molecular complexity index is 2940. The van der Waals surface area contributed by atoms with Gasteiger partial charge in [0.15, 0.2) is 11.5 Å². The van der Waals surface area contributed by atoms with Crippen molar-refractivity contribution in [3.8, 4) is 34.1 Å². The lowest BCUT2D eigenvalue weighted by molar-refractivity contribution is -0.136. The molecular formula is C53H54ClN5O9S2. The fraction of sp³-hybridized carbons (Fsp3) is 0.358. The number of aromatic nitrogens is 1. The Labute approximate surface area is 419 Å². The number of methoxy groups -OCH3 is 3. The van der Waals surface area contributed by atoms with Crippen molar-refractivity contribution in [3.63, 3.8) is 0 Å². The normalized spacial score (nSPS) is 18.2. The molecule has 17 heteroatoms. The first kappa shape index (κ1) is 47.4. The van der Waals surface area contributed by atoms with Gasteiger partial charge >= 0.3 is 12.2 Å². The van der Waals surface area contributed by atoms with Crippen LogP contribution in [0.25, 0.3) is 32.8 Å². The zero-order valence-corrected chi connectivity index (χ0v) is 41.6. The van der Waals surface area contributed by atoms with Crippen LogP contribution < -0.4 is 29.2 Å². The van der Waals surface area contributed by atoms with Crippen molar-refractivity contribution in [2.45, 2.75) is 49.6 Å². The zero-order valence-electron chi connectivity index (χ0n) is 39.2. The number of halogens is 1. The number of piperazine rings is 1. The summed E-state index contributed by atoms with van der Waals surface area (Å²) in [5.74, 6) is 2.82. The molecule has 14 nitrogen and oxygen atoms in total. The molecule has 0 unspecified atom stereocenters. The summed E-state index contributed by atoms with van der Waals surface area (Å²) in [7, 11) is 8.00. The molecule has 6 aromatic rings. The smallest absolute Gasteiger partial charge is 0.415 e. The van der Waals surface area contributed by atoms with Gasteiger partial charge in [-0.1, -0.05) is 101 Å². The van der Waals surface area contributed by atoms with E-state index in [4.69, 9.17) is 35.3 Å². The molecule has 2 saturated heterocycles. The Balaban J connectivity index is 0.767. The third-order valence-corrected chi connectivity index (χ3v) is 16.8. The Morgan fingerprint density at radius 3 is 2.13 bits per heavy atom. The van der Waals surface area contributed by atoms with Gasteiger partial charge < -0.3 is 48.7 Å². The molecule has 4 aliphatic rings. The van der Waals surface area contributed by atoms with Crippen LogP contribution in [0.5, 0.6) is 23.0 Å². The highest BCUT2D eigenvalue weighted by molar-refractivity contribution is 8.76. The van der Waals surface area contributed by atoms with Crippen molar-refractivity contribution in [3.05, 3.63) is 113 Å². The molecule has 1 aliphatic carbocycles. The fourth-order valence-electron chi connectivity index (χ4n) is 10.7. The highest BCUT2D eigenvalue weighted by atomic mass is 35.5. The molecule has 4 heterocycles. The summed E-state index contributed by atoms with van der Waals surface area (Å²) in [5, 5.41) is 5.18. The van der Waals surface area contributed by atoms with Crippen LogP contribution in [0, 0.1) is 0 Å². The second-order valence-electron chi connectivity index (χ2n) is 17.8. The first-order valence-electron chi connectivity index (χ1n) is 23.6. The van der Waals surface area contributed by atoms with E-state index in [1.54, 1.807) is 56.7 Å². The van der Waals surface area contributed by atoms with Crippen LogP contribution in [0.15, 0.2) is 91.0 Å². The number of hydrogen-bond acceptors (Lipinski definition) is 11. The number of anilines is 1. The lowest BCUT2D eigenvalue weighted by atomic mass is 9.95. The van der Waals surface area contributed by atoms with Gasteiger partial charge in [0, 0.05) is 78.7 Å². The molecule has 0 spiro atoms. The number of benzene rings is 5. The van der Waals surface area contributed by atoms with E-state index in [2.05, 4.69) is 34.6 Å². The van der Waals surface area contributed by atoms with Crippen molar-refractivity contribution < 1.29 is 42.9 Å². The van der Waals surface area contributed by atoms with Gasteiger partial charge in [0.2, 0.25) is 11.7 Å². The number of hydrogen-bond donors (Lipinski definition) is 2. The minimum absolute atomic E-state index is 0.00109. The van der Waals surface area contributed by atoms with E-state index in [0.29, 0.717) is 95.8 Å². The number of carbonyl (C=O) groups is 4. The number of alkyl carbamates (subject to hydrolysis) is 1. The Hall–Kier alpha value is -6.23. The van der Waals surface area contributed by atoms with Crippen LogP contribution in [0.3, 0.4) is 0 Å². The number of unbranched alkanes of at least 4 members (excludes halogenated alkanes) is 2. The first-order valence-corrected chi connectivity index (χ1v) is 26.6. The lowest BCUT2D eigenvalue weighted by Gasteiger charge is -2.48. The van der Waals surface area contributed by atoms with Crippen molar-refractivity contribution in [1.82, 2.24) is 20.1 Å². The number of nitrogens with one attached hydrogen (secondary N) is 2. The predicted octanol–water partition coefficient (Wildman–Crippen LogP) is 10.2. The second-order valence-corrected chi connectivity index (χ2v) is 20.7. The number of ether oxygens (including phenoxy) is 5. The van der Waals surface area contributed by atoms with E-state index in [9.17, 15) is 19.2 Å². The molecule has 3 aliphatic heterocycles. The summed E-state index contributed by atoms with van der Waals surface area (Å²) in [6.45, 7) is 1.75. The maximum atomic E-state index is 14.5. The van der Waals surface area contributed by atoms with Gasteiger partial charge in [-0.15, -0.1) is 11.6 Å². The summed E-state index contributed by atoms with van der Waals surface area (Å²) in [6, 6.07) is 29.2. The average Bonchev–Trinajstić information content (AvgIpc) is 4.10. The van der Waals surface area contributed by atoms with E-state index in [1.165, 1.54) is 36.5 Å². The highest BCUT2D eigenvalue weighted by Crippen LogP contribution is 2.48. The van der Waals surface area contributed by atoms with Gasteiger partial charge in [-0.2, -0.15) is 0 Å². The number of H-pyrrole nitrogens is 1. The minimum atomic E-state index is -0.501. The van der Waals surface area contributed by atoms with E-state index < -0.39 is 12.2 Å². The van der Waals surface area contributed by atoms with Crippen molar-refractivity contribution in [2.24, 2.45) is 0 Å². The molecule has 1 aromatic heterocycles. The molecule has 5 aromatic carbocycles. The Morgan fingerprint density at radius 2 is 1.43 bits per heavy atom. The molecule has 0 bridgehead atoms. The Morgan fingerprint density at radius 1 is 0.757 bits per heavy atom. The van der Waals surface area contributed by atoms with Crippen LogP contribution in [0.2, 0.25) is 0 Å². The number of alkyl halides is 1. The predicted molar refractivity (Wildman–Crippen MR) is 276 cm³/mol. The van der Waals surface area contributed by atoms with E-state index >= 15 is 0 Å². The summed E-state index contributed by atoms with van der Waals surface area (Å²) in [6.07, 6.45) is 1.60. The number of fused-ring (bicyclic) bond motifs is 8. The van der Waals surface area contributed by atoms with Gasteiger partial charge in [0.1, 0.15) is 18.1 Å². The molecule has 4 amide bonds. The van der Waals surface area contributed by atoms with Crippen molar-refractivity contribution in [2.75, 3.05) is 76.4 Å². The molecule has 10 rings (SSSR count). The first-order chi connectivity index (χ1) is 34.2. The molecule has 70 heavy (non-hydrogen) atoms. The Kier molecular flexibility index (Phi) is 14.0. The monoisotopic (exact) mass is 1000 g/mol. The van der Waals surface area contributed by atoms with Gasteiger partial charge in [-0.05, 0) is 58.2 Å². The third kappa shape index (κ3) is 8.83. The lowest BCUT2D eigenvalue weighted by Crippen LogP contribution is -2.65. The quantitative estimate of drug-likeness (QED) is 0.0609. The SMILES string of the molecule is COc1cc2cc(C(=O)N3C[C@@H](CCl)c4c3cc(OC(=O)N3CCN(C(=O)CCCCCNC(=O)OCC5c6ccccc6-c6ccccc65)[C@@H]5CSSC[C@@H]53)c3ccccc43)[nH]c2c(OC)c1OC. The number of rotatable bonds is 14. The second kappa shape index (κ2) is 20.6. The van der Waals surface area contributed by atoms with E-state index in [-0.39, 0.29) is 48.2 Å². The fourth-order valence-corrected chi connectivity index (χ4v) is 13.6. The number of carbonyl (C=O) groups excluding carboxylic acids is 4. The summed E-state index contributed by atoms with van der Waals surface area (Å²) < 4.78 is 28.9. The maximum absolute atomic E-state index is 14.5. The molecule has 3 atom stereocenters. The average molecular weight is 1000 g/mol. The summed E-state index contributed by atoms with van der Waals surface area (Å²) >= 11 is 6.62. The zero-order chi connectivity index (χ0) is 48.5. The topological polar surface area (TPSA) is 152 Å². The molecule has 0 radical (unpaired) electrons. The summed E-state index contributed by atoms with van der Waals surface area (Å²) in [5.41, 5.74) is 7.14. The standard InChI is InChI=1S/C53H54ClN5O9S2/c1-64-45-24-31-23-40(56-48(31)50(66-3)49(45)65-2)51(61)59-27-32(26-54)47-38-18-11-10-17-37(38)44(25-41(47)59)68-53(63)58-22-21-57(42-29-69-70-30-43(42)58)46(60)19-5-4-12-20-55-52(62)67-28-39-35-15-8-6-13-33(35)34-14-7-9-16-36(34)39/h6-11,13-18,23-25,32,39,42-43,56H,4-5,12,19-22,26-30H2,1-3H3,(H,55,62)/t32-,42-,43+/m1/s1. The van der Waals surface area contributed by atoms with E-state index in [0.717, 1.165) is 29.2 Å². The van der Waals surface area contributed by atoms with Crippen molar-refractivity contribution >= 4 is 84.6 Å². The molecule has 2 fully saturated rings. The largest absolute Gasteiger partial charge is 0.493 e.